The summed E-state index contributed by atoms with van der Waals surface area (Å²) in [6, 6.07) is -0.0190. The van der Waals surface area contributed by atoms with Crippen molar-refractivity contribution in [2.75, 3.05) is 0 Å². The molecule has 1 unspecified atom stereocenters. The van der Waals surface area contributed by atoms with E-state index in [1.165, 1.54) is 0 Å². The lowest BCUT2D eigenvalue weighted by molar-refractivity contribution is 0.0936. The molecule has 1 aromatic rings. The van der Waals surface area contributed by atoms with Gasteiger partial charge in [-0.05, 0) is 6.92 Å². The van der Waals surface area contributed by atoms with Gasteiger partial charge in [-0.2, -0.15) is 0 Å². The van der Waals surface area contributed by atoms with E-state index in [0.29, 0.717) is 12.1 Å². The Hall–Kier alpha value is -1.76. The van der Waals surface area contributed by atoms with E-state index in [-0.39, 0.29) is 11.9 Å². The fourth-order valence-electron chi connectivity index (χ4n) is 1.06. The number of hydrogen-bond acceptors (Lipinski definition) is 2. The molecule has 0 aliphatic heterocycles. The predicted molar refractivity (Wildman–Crippen MR) is 53.6 cm³/mol. The van der Waals surface area contributed by atoms with Crippen molar-refractivity contribution in [3.8, 4) is 12.3 Å². The van der Waals surface area contributed by atoms with Gasteiger partial charge in [0.1, 0.15) is 5.69 Å². The van der Waals surface area contributed by atoms with Crippen LogP contribution in [0.15, 0.2) is 12.5 Å². The van der Waals surface area contributed by atoms with E-state index < -0.39 is 0 Å². The summed E-state index contributed by atoms with van der Waals surface area (Å²) in [7, 11) is 1.81. The fourth-order valence-corrected chi connectivity index (χ4v) is 1.06. The summed E-state index contributed by atoms with van der Waals surface area (Å²) in [6.45, 7) is 1.86. The molecular formula is C10H13N3O. The molecule has 4 nitrogen and oxygen atoms in total. The number of nitrogens with one attached hydrogen (secondary N) is 1. The molecule has 4 heteroatoms. The standard InChI is InChI=1S/C10H13N3O/c1-4-5-8(2)12-10(14)9-6-13(3)7-11-9/h1,6-8H,5H2,2-3H3,(H,12,14). The maximum atomic E-state index is 11.5. The lowest BCUT2D eigenvalue weighted by atomic mass is 10.2. The van der Waals surface area contributed by atoms with Crippen molar-refractivity contribution >= 4 is 5.91 Å². The first-order valence-corrected chi connectivity index (χ1v) is 4.35. The highest BCUT2D eigenvalue weighted by atomic mass is 16.1. The third kappa shape index (κ3) is 2.63. The van der Waals surface area contributed by atoms with Crippen LogP contribution in [0.1, 0.15) is 23.8 Å². The van der Waals surface area contributed by atoms with Gasteiger partial charge in [0.2, 0.25) is 0 Å². The van der Waals surface area contributed by atoms with Crippen molar-refractivity contribution in [2.24, 2.45) is 7.05 Å². The highest BCUT2D eigenvalue weighted by Crippen LogP contribution is 1.96. The highest BCUT2D eigenvalue weighted by molar-refractivity contribution is 5.92. The highest BCUT2D eigenvalue weighted by Gasteiger charge is 2.10. The van der Waals surface area contributed by atoms with Crippen molar-refractivity contribution in [3.05, 3.63) is 18.2 Å². The average Bonchev–Trinajstić information content (AvgIpc) is 2.52. The minimum atomic E-state index is -0.187. The van der Waals surface area contributed by atoms with Gasteiger partial charge >= 0.3 is 0 Å². The number of carbonyl (C=O) groups is 1. The van der Waals surface area contributed by atoms with E-state index in [1.807, 2.05) is 14.0 Å². The van der Waals surface area contributed by atoms with Gasteiger partial charge in [-0.1, -0.05) is 0 Å². The quantitative estimate of drug-likeness (QED) is 0.710. The van der Waals surface area contributed by atoms with Crippen molar-refractivity contribution in [1.82, 2.24) is 14.9 Å². The topological polar surface area (TPSA) is 46.9 Å². The molecule has 1 heterocycles. The third-order valence-corrected chi connectivity index (χ3v) is 1.74. The number of aromatic nitrogens is 2. The van der Waals surface area contributed by atoms with Gasteiger partial charge in [-0.3, -0.25) is 4.79 Å². The molecule has 0 aliphatic carbocycles. The third-order valence-electron chi connectivity index (χ3n) is 1.74. The zero-order valence-corrected chi connectivity index (χ0v) is 8.32. The van der Waals surface area contributed by atoms with E-state index in [2.05, 4.69) is 16.2 Å². The zero-order chi connectivity index (χ0) is 10.6. The molecule has 0 fully saturated rings. The molecule has 0 saturated carbocycles. The van der Waals surface area contributed by atoms with Crippen LogP contribution in [0, 0.1) is 12.3 Å². The van der Waals surface area contributed by atoms with Gasteiger partial charge < -0.3 is 9.88 Å². The van der Waals surface area contributed by atoms with Gasteiger partial charge in [0, 0.05) is 25.7 Å². The zero-order valence-electron chi connectivity index (χ0n) is 8.32. The van der Waals surface area contributed by atoms with Gasteiger partial charge in [-0.25, -0.2) is 4.98 Å². The van der Waals surface area contributed by atoms with Crippen molar-refractivity contribution < 1.29 is 4.79 Å². The number of aryl methyl sites for hydroxylation is 1. The molecule has 0 aromatic carbocycles. The molecular weight excluding hydrogens is 178 g/mol. The normalized spacial score (nSPS) is 11.8. The number of rotatable bonds is 3. The monoisotopic (exact) mass is 191 g/mol. The second kappa shape index (κ2) is 4.47. The van der Waals surface area contributed by atoms with Gasteiger partial charge in [0.25, 0.3) is 5.91 Å². The summed E-state index contributed by atoms with van der Waals surface area (Å²) in [5.74, 6) is 2.30. The molecule has 0 radical (unpaired) electrons. The van der Waals surface area contributed by atoms with Crippen LogP contribution < -0.4 is 5.32 Å². The Labute approximate surface area is 83.3 Å². The summed E-state index contributed by atoms with van der Waals surface area (Å²) >= 11 is 0. The second-order valence-electron chi connectivity index (χ2n) is 3.21. The molecule has 74 valence electrons. The van der Waals surface area contributed by atoms with E-state index >= 15 is 0 Å². The molecule has 14 heavy (non-hydrogen) atoms. The Morgan fingerprint density at radius 1 is 1.86 bits per heavy atom. The van der Waals surface area contributed by atoms with Crippen LogP contribution in [0.4, 0.5) is 0 Å². The predicted octanol–water partition coefficient (Wildman–Crippen LogP) is 0.562. The smallest absolute Gasteiger partial charge is 0.271 e. The van der Waals surface area contributed by atoms with E-state index in [0.717, 1.165) is 0 Å². The van der Waals surface area contributed by atoms with Crippen molar-refractivity contribution in [1.29, 1.82) is 0 Å². The molecule has 1 atom stereocenters. The molecule has 0 bridgehead atoms. The van der Waals surface area contributed by atoms with Gasteiger partial charge in [0.15, 0.2) is 0 Å². The Morgan fingerprint density at radius 3 is 3.07 bits per heavy atom. The second-order valence-corrected chi connectivity index (χ2v) is 3.21. The molecule has 0 aliphatic rings. The first-order valence-electron chi connectivity index (χ1n) is 4.35. The lowest BCUT2D eigenvalue weighted by Gasteiger charge is -2.08. The van der Waals surface area contributed by atoms with Gasteiger partial charge in [0.05, 0.1) is 6.33 Å². The number of hydrogen-bond donors (Lipinski definition) is 1. The SMILES string of the molecule is C#CCC(C)NC(=O)c1cn(C)cn1. The fraction of sp³-hybridized carbons (Fsp3) is 0.400. The number of imidazole rings is 1. The Balaban J connectivity index is 2.55. The van der Waals surface area contributed by atoms with E-state index in [1.54, 1.807) is 17.1 Å². The summed E-state index contributed by atoms with van der Waals surface area (Å²) in [4.78, 5) is 15.4. The molecule has 1 amide bonds. The molecule has 1 rings (SSSR count). The minimum absolute atomic E-state index is 0.0190. The lowest BCUT2D eigenvalue weighted by Crippen LogP contribution is -2.32. The Bertz CT molecular complexity index is 362. The first-order chi connectivity index (χ1) is 6.63. The minimum Gasteiger partial charge on any atom is -0.347 e. The van der Waals surface area contributed by atoms with E-state index in [4.69, 9.17) is 6.42 Å². The number of terminal acetylenes is 1. The number of nitrogens with zero attached hydrogens (tertiary/aromatic N) is 2. The number of amides is 1. The molecule has 0 saturated heterocycles. The van der Waals surface area contributed by atoms with Crippen LogP contribution in [-0.2, 0) is 7.05 Å². The maximum absolute atomic E-state index is 11.5. The van der Waals surface area contributed by atoms with Crippen LogP contribution in [0.2, 0.25) is 0 Å². The number of carbonyl (C=O) groups excluding carboxylic acids is 1. The van der Waals surface area contributed by atoms with Crippen LogP contribution in [-0.4, -0.2) is 21.5 Å². The maximum Gasteiger partial charge on any atom is 0.271 e. The summed E-state index contributed by atoms with van der Waals surface area (Å²) in [5, 5.41) is 2.75. The van der Waals surface area contributed by atoms with Crippen molar-refractivity contribution in [2.45, 2.75) is 19.4 Å². The first kappa shape index (κ1) is 10.3. The van der Waals surface area contributed by atoms with Crippen LogP contribution in [0.25, 0.3) is 0 Å². The summed E-state index contributed by atoms with van der Waals surface area (Å²) < 4.78 is 1.72. The van der Waals surface area contributed by atoms with Crippen LogP contribution >= 0.6 is 0 Å². The molecule has 1 aromatic heterocycles. The van der Waals surface area contributed by atoms with Gasteiger partial charge in [-0.15, -0.1) is 12.3 Å². The summed E-state index contributed by atoms with van der Waals surface area (Å²) in [6.07, 6.45) is 8.90. The van der Waals surface area contributed by atoms with Crippen LogP contribution in [0.3, 0.4) is 0 Å². The van der Waals surface area contributed by atoms with Crippen molar-refractivity contribution in [3.63, 3.8) is 0 Å². The Morgan fingerprint density at radius 2 is 2.57 bits per heavy atom. The molecule has 0 spiro atoms. The molecule has 1 N–H and O–H groups in total. The average molecular weight is 191 g/mol. The summed E-state index contributed by atoms with van der Waals surface area (Å²) in [5.41, 5.74) is 0.413. The van der Waals surface area contributed by atoms with E-state index in [9.17, 15) is 4.79 Å². The Kier molecular flexibility index (Phi) is 3.29. The largest absolute Gasteiger partial charge is 0.347 e. The van der Waals surface area contributed by atoms with Crippen LogP contribution in [0.5, 0.6) is 0 Å².